The van der Waals surface area contributed by atoms with Crippen LogP contribution in [0.5, 0.6) is 0 Å². The molecule has 0 amide bonds. The van der Waals surface area contributed by atoms with Gasteiger partial charge in [-0.05, 0) is 54.6 Å². The Bertz CT molecular complexity index is 740. The lowest BCUT2D eigenvalue weighted by Gasteiger charge is -2.12. The second-order valence-electron chi connectivity index (χ2n) is 4.75. The van der Waals surface area contributed by atoms with E-state index in [1.165, 1.54) is 30.4 Å². The molecule has 0 spiro atoms. The molecule has 1 heterocycles. The third-order valence-electron chi connectivity index (χ3n) is 3.11. The highest BCUT2D eigenvalue weighted by atomic mass is 32.2. The maximum Gasteiger partial charge on any atom is 0.240 e. The first-order valence-corrected chi connectivity index (χ1v) is 8.65. The van der Waals surface area contributed by atoms with Gasteiger partial charge in [-0.15, -0.1) is 11.3 Å². The lowest BCUT2D eigenvalue weighted by molar-refractivity contribution is 0.185. The van der Waals surface area contributed by atoms with Gasteiger partial charge in [-0.1, -0.05) is 0 Å². The van der Waals surface area contributed by atoms with Gasteiger partial charge in [-0.2, -0.15) is 0 Å². The van der Waals surface area contributed by atoms with E-state index in [0.717, 1.165) is 16.5 Å². The van der Waals surface area contributed by atoms with Crippen LogP contribution in [0.3, 0.4) is 0 Å². The topological polar surface area (TPSA) is 66.4 Å². The van der Waals surface area contributed by atoms with E-state index in [1.54, 1.807) is 0 Å². The van der Waals surface area contributed by atoms with Gasteiger partial charge in [0, 0.05) is 11.4 Å². The summed E-state index contributed by atoms with van der Waals surface area (Å²) in [6.45, 7) is 3.23. The Morgan fingerprint density at radius 3 is 2.57 bits per heavy atom. The molecular weight excluding hydrogens is 313 g/mol. The lowest BCUT2D eigenvalue weighted by Crippen LogP contribution is -2.28. The van der Waals surface area contributed by atoms with Crippen molar-refractivity contribution in [3.05, 3.63) is 51.5 Å². The van der Waals surface area contributed by atoms with E-state index in [9.17, 15) is 17.9 Å². The first-order chi connectivity index (χ1) is 9.81. The number of hydrogen-bond donors (Lipinski definition) is 2. The molecule has 0 aliphatic rings. The summed E-state index contributed by atoms with van der Waals surface area (Å²) in [4.78, 5) is 0.712. The van der Waals surface area contributed by atoms with Gasteiger partial charge in [0.15, 0.2) is 0 Å². The third kappa shape index (κ3) is 3.68. The maximum absolute atomic E-state index is 13.2. The number of sulfonamides is 1. The van der Waals surface area contributed by atoms with Crippen molar-refractivity contribution in [3.63, 3.8) is 0 Å². The monoisotopic (exact) mass is 329 g/mol. The average molecular weight is 329 g/mol. The summed E-state index contributed by atoms with van der Waals surface area (Å²) in [5.41, 5.74) is 1.18. The SMILES string of the molecule is Cc1cc(S(=O)(=O)NC[C@H](O)c2sccc2C)ccc1F. The van der Waals surface area contributed by atoms with Crippen molar-refractivity contribution in [2.75, 3.05) is 6.54 Å². The second kappa shape index (κ2) is 6.23. The van der Waals surface area contributed by atoms with Crippen LogP contribution in [-0.4, -0.2) is 20.1 Å². The van der Waals surface area contributed by atoms with Crippen molar-refractivity contribution in [1.82, 2.24) is 4.72 Å². The maximum atomic E-state index is 13.2. The van der Waals surface area contributed by atoms with Crippen LogP contribution in [0.4, 0.5) is 4.39 Å². The second-order valence-corrected chi connectivity index (χ2v) is 7.46. The number of rotatable bonds is 5. The highest BCUT2D eigenvalue weighted by Crippen LogP contribution is 2.23. The van der Waals surface area contributed by atoms with E-state index in [-0.39, 0.29) is 17.0 Å². The fraction of sp³-hybridized carbons (Fsp3) is 0.286. The third-order valence-corrected chi connectivity index (χ3v) is 5.65. The number of aryl methyl sites for hydroxylation is 2. The Hall–Kier alpha value is -1.28. The number of aliphatic hydroxyl groups excluding tert-OH is 1. The summed E-state index contributed by atoms with van der Waals surface area (Å²) in [5, 5.41) is 11.9. The zero-order chi connectivity index (χ0) is 15.6. The van der Waals surface area contributed by atoms with Crippen molar-refractivity contribution in [2.45, 2.75) is 24.8 Å². The molecule has 0 saturated heterocycles. The standard InChI is InChI=1S/C14H16FNO3S2/c1-9-5-6-20-14(9)13(17)8-16-21(18,19)11-3-4-12(15)10(2)7-11/h3-7,13,16-17H,8H2,1-2H3/t13-/m0/s1. The summed E-state index contributed by atoms with van der Waals surface area (Å²) < 4.78 is 39.7. The van der Waals surface area contributed by atoms with Gasteiger partial charge in [-0.25, -0.2) is 17.5 Å². The van der Waals surface area contributed by atoms with Crippen LogP contribution in [-0.2, 0) is 10.0 Å². The molecule has 21 heavy (non-hydrogen) atoms. The van der Waals surface area contributed by atoms with Crippen LogP contribution < -0.4 is 4.72 Å². The molecule has 0 bridgehead atoms. The molecule has 4 nitrogen and oxygen atoms in total. The smallest absolute Gasteiger partial charge is 0.240 e. The van der Waals surface area contributed by atoms with Crippen molar-refractivity contribution in [3.8, 4) is 0 Å². The highest BCUT2D eigenvalue weighted by molar-refractivity contribution is 7.89. The van der Waals surface area contributed by atoms with E-state index in [4.69, 9.17) is 0 Å². The minimum atomic E-state index is -3.77. The van der Waals surface area contributed by atoms with Gasteiger partial charge < -0.3 is 5.11 Å². The number of nitrogens with one attached hydrogen (secondary N) is 1. The van der Waals surface area contributed by atoms with Crippen LogP contribution in [0.2, 0.25) is 0 Å². The fourth-order valence-corrected chi connectivity index (χ4v) is 3.91. The van der Waals surface area contributed by atoms with Crippen LogP contribution in [0, 0.1) is 19.7 Å². The summed E-state index contributed by atoms with van der Waals surface area (Å²) >= 11 is 1.37. The molecule has 114 valence electrons. The zero-order valence-electron chi connectivity index (χ0n) is 11.6. The molecule has 2 rings (SSSR count). The van der Waals surface area contributed by atoms with E-state index < -0.39 is 21.9 Å². The van der Waals surface area contributed by atoms with Crippen LogP contribution in [0.25, 0.3) is 0 Å². The number of hydrogen-bond acceptors (Lipinski definition) is 4. The van der Waals surface area contributed by atoms with Crippen LogP contribution in [0.15, 0.2) is 34.5 Å². The molecule has 1 aromatic carbocycles. The van der Waals surface area contributed by atoms with Gasteiger partial charge >= 0.3 is 0 Å². The predicted molar refractivity (Wildman–Crippen MR) is 80.3 cm³/mol. The lowest BCUT2D eigenvalue weighted by atomic mass is 10.2. The summed E-state index contributed by atoms with van der Waals surface area (Å²) in [5.74, 6) is -0.455. The molecule has 0 unspecified atom stereocenters. The van der Waals surface area contributed by atoms with Crippen molar-refractivity contribution in [2.24, 2.45) is 0 Å². The van der Waals surface area contributed by atoms with Gasteiger partial charge in [0.25, 0.3) is 0 Å². The Morgan fingerprint density at radius 1 is 1.29 bits per heavy atom. The number of thiophene rings is 1. The molecule has 0 aliphatic carbocycles. The summed E-state index contributed by atoms with van der Waals surface area (Å²) in [6.07, 6.45) is -0.902. The first-order valence-electron chi connectivity index (χ1n) is 6.29. The van der Waals surface area contributed by atoms with Gasteiger partial charge in [0.2, 0.25) is 10.0 Å². The Balaban J connectivity index is 2.11. The quantitative estimate of drug-likeness (QED) is 0.886. The van der Waals surface area contributed by atoms with Crippen molar-refractivity contribution < 1.29 is 17.9 Å². The minimum absolute atomic E-state index is 0.0171. The van der Waals surface area contributed by atoms with Gasteiger partial charge in [0.1, 0.15) is 11.9 Å². The highest BCUT2D eigenvalue weighted by Gasteiger charge is 2.19. The summed E-state index contributed by atoms with van der Waals surface area (Å²) in [6, 6.07) is 5.44. The molecule has 0 radical (unpaired) electrons. The van der Waals surface area contributed by atoms with E-state index in [0.29, 0.717) is 0 Å². The minimum Gasteiger partial charge on any atom is -0.386 e. The molecule has 0 saturated carbocycles. The van der Waals surface area contributed by atoms with Crippen molar-refractivity contribution in [1.29, 1.82) is 0 Å². The Labute approximate surface area is 127 Å². The van der Waals surface area contributed by atoms with E-state index >= 15 is 0 Å². The van der Waals surface area contributed by atoms with Gasteiger partial charge in [0.05, 0.1) is 4.90 Å². The van der Waals surface area contributed by atoms with E-state index in [2.05, 4.69) is 4.72 Å². The molecule has 1 atom stereocenters. The molecule has 7 heteroatoms. The average Bonchev–Trinajstić information content (AvgIpc) is 2.85. The Kier molecular flexibility index (Phi) is 4.77. The van der Waals surface area contributed by atoms with E-state index in [1.807, 2.05) is 18.4 Å². The number of benzene rings is 1. The number of aliphatic hydroxyl groups is 1. The molecule has 2 aromatic rings. The normalized spacial score (nSPS) is 13.3. The largest absolute Gasteiger partial charge is 0.386 e. The molecule has 2 N–H and O–H groups in total. The molecule has 0 fully saturated rings. The van der Waals surface area contributed by atoms with Crippen LogP contribution in [0.1, 0.15) is 22.1 Å². The predicted octanol–water partition coefficient (Wildman–Crippen LogP) is 2.52. The first kappa shape index (κ1) is 16.1. The van der Waals surface area contributed by atoms with Gasteiger partial charge in [-0.3, -0.25) is 0 Å². The summed E-state index contributed by atoms with van der Waals surface area (Å²) in [7, 11) is -3.77. The van der Waals surface area contributed by atoms with Crippen molar-refractivity contribution >= 4 is 21.4 Å². The molecule has 0 aliphatic heterocycles. The molecule has 1 aromatic heterocycles. The fourth-order valence-electron chi connectivity index (χ4n) is 1.87. The molecular formula is C14H16FNO3S2. The zero-order valence-corrected chi connectivity index (χ0v) is 13.3. The Morgan fingerprint density at radius 2 is 2.00 bits per heavy atom. The number of halogens is 1. The van der Waals surface area contributed by atoms with Crippen LogP contribution >= 0.6 is 11.3 Å².